The predicted molar refractivity (Wildman–Crippen MR) is 62.8 cm³/mol. The van der Waals surface area contributed by atoms with Gasteiger partial charge in [-0.3, -0.25) is 0 Å². The van der Waals surface area contributed by atoms with Gasteiger partial charge in [-0.15, -0.1) is 0 Å². The summed E-state index contributed by atoms with van der Waals surface area (Å²) in [6.45, 7) is 2.24. The first kappa shape index (κ1) is 10.7. The molecule has 0 unspecified atom stereocenters. The van der Waals surface area contributed by atoms with Crippen LogP contribution in [0.15, 0.2) is 30.3 Å². The van der Waals surface area contributed by atoms with Crippen molar-refractivity contribution in [3.63, 3.8) is 0 Å². The lowest BCUT2D eigenvalue weighted by Crippen LogP contribution is -2.05. The average molecular weight is 204 g/mol. The Morgan fingerprint density at radius 2 is 2.00 bits per heavy atom. The Hall–Kier alpha value is -0.820. The molecule has 82 valence electrons. The van der Waals surface area contributed by atoms with Crippen molar-refractivity contribution in [3.8, 4) is 0 Å². The molecule has 15 heavy (non-hydrogen) atoms. The molecule has 1 heteroatoms. The van der Waals surface area contributed by atoms with Crippen molar-refractivity contribution in [1.82, 2.24) is 0 Å². The van der Waals surface area contributed by atoms with Crippen molar-refractivity contribution in [2.45, 2.75) is 51.2 Å². The lowest BCUT2D eigenvalue weighted by molar-refractivity contribution is 0.0388. The first-order chi connectivity index (χ1) is 7.40. The Kier molecular flexibility index (Phi) is 3.79. The smallest absolute Gasteiger partial charge is 0.0829 e. The maximum Gasteiger partial charge on any atom is 0.0829 e. The summed E-state index contributed by atoms with van der Waals surface area (Å²) in [4.78, 5) is 0. The number of hydrogen-bond donors (Lipinski definition) is 0. The van der Waals surface area contributed by atoms with E-state index in [0.29, 0.717) is 12.2 Å². The van der Waals surface area contributed by atoms with Crippen LogP contribution in [0.25, 0.3) is 0 Å². The first-order valence-corrected chi connectivity index (χ1v) is 6.10. The van der Waals surface area contributed by atoms with Crippen molar-refractivity contribution in [3.05, 3.63) is 35.9 Å². The summed E-state index contributed by atoms with van der Waals surface area (Å²) < 4.78 is 6.05. The second-order valence-electron chi connectivity index (χ2n) is 4.38. The van der Waals surface area contributed by atoms with Gasteiger partial charge in [-0.25, -0.2) is 0 Å². The van der Waals surface area contributed by atoms with Crippen LogP contribution < -0.4 is 0 Å². The minimum absolute atomic E-state index is 0.355. The summed E-state index contributed by atoms with van der Waals surface area (Å²) in [5, 5.41) is 0. The SMILES string of the molecule is CCCC[C@@H]1CC[C@@H](c2ccccc2)O1. The molecule has 1 nitrogen and oxygen atoms in total. The van der Waals surface area contributed by atoms with Gasteiger partial charge in [-0.1, -0.05) is 50.1 Å². The standard InChI is InChI=1S/C14H20O/c1-2-3-9-13-10-11-14(15-13)12-7-5-4-6-8-12/h4-8,13-14H,2-3,9-11H2,1H3/t13-,14+/m1/s1. The molecule has 0 aromatic heterocycles. The molecule has 0 amide bonds. The van der Waals surface area contributed by atoms with Crippen LogP contribution >= 0.6 is 0 Å². The highest BCUT2D eigenvalue weighted by Crippen LogP contribution is 2.34. The first-order valence-electron chi connectivity index (χ1n) is 6.10. The van der Waals surface area contributed by atoms with Gasteiger partial charge in [0.15, 0.2) is 0 Å². The second-order valence-corrected chi connectivity index (χ2v) is 4.38. The molecule has 0 aliphatic carbocycles. The molecular formula is C14H20O. The fourth-order valence-corrected chi connectivity index (χ4v) is 2.26. The zero-order valence-electron chi connectivity index (χ0n) is 9.49. The van der Waals surface area contributed by atoms with E-state index in [9.17, 15) is 0 Å². The largest absolute Gasteiger partial charge is 0.370 e. The zero-order chi connectivity index (χ0) is 10.5. The predicted octanol–water partition coefficient (Wildman–Crippen LogP) is 4.10. The maximum atomic E-state index is 6.05. The molecule has 1 aliphatic heterocycles. The van der Waals surface area contributed by atoms with E-state index < -0.39 is 0 Å². The van der Waals surface area contributed by atoms with Crippen LogP contribution in [0.3, 0.4) is 0 Å². The molecule has 0 N–H and O–H groups in total. The summed E-state index contributed by atoms with van der Waals surface area (Å²) in [6, 6.07) is 10.6. The summed E-state index contributed by atoms with van der Waals surface area (Å²) in [5.41, 5.74) is 1.34. The minimum Gasteiger partial charge on any atom is -0.370 e. The Morgan fingerprint density at radius 3 is 2.73 bits per heavy atom. The van der Waals surface area contributed by atoms with Crippen molar-refractivity contribution >= 4 is 0 Å². The molecule has 2 rings (SSSR count). The normalized spacial score (nSPS) is 25.7. The van der Waals surface area contributed by atoms with Crippen LogP contribution in [0, 0.1) is 0 Å². The van der Waals surface area contributed by atoms with Gasteiger partial charge in [0.05, 0.1) is 12.2 Å². The highest BCUT2D eigenvalue weighted by atomic mass is 16.5. The lowest BCUT2D eigenvalue weighted by Gasteiger charge is -2.13. The Balaban J connectivity index is 1.87. The number of rotatable bonds is 4. The molecule has 1 heterocycles. The van der Waals surface area contributed by atoms with Gasteiger partial charge in [0.25, 0.3) is 0 Å². The molecule has 2 atom stereocenters. The van der Waals surface area contributed by atoms with E-state index in [2.05, 4.69) is 37.3 Å². The summed E-state index contributed by atoms with van der Waals surface area (Å²) in [6.07, 6.45) is 7.10. The van der Waals surface area contributed by atoms with E-state index in [4.69, 9.17) is 4.74 Å². The molecule has 1 fully saturated rings. The van der Waals surface area contributed by atoms with Crippen LogP contribution in [-0.2, 0) is 4.74 Å². The van der Waals surface area contributed by atoms with Gasteiger partial charge in [-0.2, -0.15) is 0 Å². The monoisotopic (exact) mass is 204 g/mol. The van der Waals surface area contributed by atoms with Gasteiger partial charge in [0.1, 0.15) is 0 Å². The minimum atomic E-state index is 0.355. The topological polar surface area (TPSA) is 9.23 Å². The van der Waals surface area contributed by atoms with E-state index in [1.807, 2.05) is 0 Å². The highest BCUT2D eigenvalue weighted by molar-refractivity contribution is 5.18. The van der Waals surface area contributed by atoms with Crippen LogP contribution in [0.1, 0.15) is 50.7 Å². The van der Waals surface area contributed by atoms with Gasteiger partial charge in [0.2, 0.25) is 0 Å². The Labute approximate surface area is 92.5 Å². The van der Waals surface area contributed by atoms with Gasteiger partial charge < -0.3 is 4.74 Å². The van der Waals surface area contributed by atoms with E-state index in [-0.39, 0.29) is 0 Å². The maximum absolute atomic E-state index is 6.05. The van der Waals surface area contributed by atoms with Crippen molar-refractivity contribution in [2.75, 3.05) is 0 Å². The molecule has 1 aromatic rings. The third kappa shape index (κ3) is 2.82. The van der Waals surface area contributed by atoms with Gasteiger partial charge >= 0.3 is 0 Å². The molecule has 1 saturated heterocycles. The zero-order valence-corrected chi connectivity index (χ0v) is 9.49. The number of hydrogen-bond acceptors (Lipinski definition) is 1. The third-order valence-corrected chi connectivity index (χ3v) is 3.16. The molecule has 0 spiro atoms. The molecular weight excluding hydrogens is 184 g/mol. The fraction of sp³-hybridized carbons (Fsp3) is 0.571. The van der Waals surface area contributed by atoms with Crippen LogP contribution in [0.4, 0.5) is 0 Å². The Morgan fingerprint density at radius 1 is 1.20 bits per heavy atom. The Bertz CT molecular complexity index is 281. The third-order valence-electron chi connectivity index (χ3n) is 3.16. The van der Waals surface area contributed by atoms with E-state index >= 15 is 0 Å². The molecule has 0 radical (unpaired) electrons. The number of benzene rings is 1. The van der Waals surface area contributed by atoms with E-state index in [1.165, 1.54) is 37.7 Å². The van der Waals surface area contributed by atoms with Crippen molar-refractivity contribution in [1.29, 1.82) is 0 Å². The van der Waals surface area contributed by atoms with Crippen molar-refractivity contribution < 1.29 is 4.74 Å². The van der Waals surface area contributed by atoms with E-state index in [0.717, 1.165) is 0 Å². The molecule has 1 aromatic carbocycles. The number of unbranched alkanes of at least 4 members (excludes halogenated alkanes) is 1. The van der Waals surface area contributed by atoms with Crippen LogP contribution in [0.2, 0.25) is 0 Å². The molecule has 0 saturated carbocycles. The second kappa shape index (κ2) is 5.32. The number of ether oxygens (including phenoxy) is 1. The fourth-order valence-electron chi connectivity index (χ4n) is 2.26. The molecule has 0 bridgehead atoms. The highest BCUT2D eigenvalue weighted by Gasteiger charge is 2.25. The van der Waals surface area contributed by atoms with Crippen molar-refractivity contribution in [2.24, 2.45) is 0 Å². The van der Waals surface area contributed by atoms with Crippen LogP contribution in [0.5, 0.6) is 0 Å². The van der Waals surface area contributed by atoms with E-state index in [1.54, 1.807) is 0 Å². The summed E-state index contributed by atoms with van der Waals surface area (Å²) in [5.74, 6) is 0. The van der Waals surface area contributed by atoms with Gasteiger partial charge in [0, 0.05) is 0 Å². The van der Waals surface area contributed by atoms with Gasteiger partial charge in [-0.05, 0) is 24.8 Å². The quantitative estimate of drug-likeness (QED) is 0.717. The lowest BCUT2D eigenvalue weighted by atomic mass is 10.1. The molecule has 1 aliphatic rings. The summed E-state index contributed by atoms with van der Waals surface area (Å²) >= 11 is 0. The van der Waals surface area contributed by atoms with Crippen LogP contribution in [-0.4, -0.2) is 6.10 Å². The summed E-state index contributed by atoms with van der Waals surface area (Å²) in [7, 11) is 0. The average Bonchev–Trinajstić information content (AvgIpc) is 2.76.